The van der Waals surface area contributed by atoms with Crippen LogP contribution in [0.3, 0.4) is 0 Å². The maximum atomic E-state index is 11.1. The van der Waals surface area contributed by atoms with Gasteiger partial charge in [-0.2, -0.15) is 15.0 Å². The van der Waals surface area contributed by atoms with Crippen LogP contribution in [-0.2, 0) is 10.0 Å². The van der Waals surface area contributed by atoms with Gasteiger partial charge in [0, 0.05) is 11.6 Å². The third-order valence-corrected chi connectivity index (χ3v) is 7.60. The lowest BCUT2D eigenvalue weighted by molar-refractivity contribution is 0.415. The molecule has 0 spiro atoms. The van der Waals surface area contributed by atoms with Crippen LogP contribution >= 0.6 is 11.3 Å². The second-order valence-corrected chi connectivity index (χ2v) is 11.0. The van der Waals surface area contributed by atoms with E-state index in [0.29, 0.717) is 0 Å². The van der Waals surface area contributed by atoms with Crippen LogP contribution in [0.1, 0.15) is 46.6 Å². The van der Waals surface area contributed by atoms with Crippen LogP contribution in [0.2, 0.25) is 0 Å². The van der Waals surface area contributed by atoms with E-state index in [1.54, 1.807) is 23.2 Å². The average molecular weight is 463 g/mol. The van der Waals surface area contributed by atoms with Gasteiger partial charge in [0.1, 0.15) is 17.1 Å². The lowest BCUT2D eigenvalue weighted by atomic mass is 10.1. The van der Waals surface area contributed by atoms with Gasteiger partial charge in [0.05, 0.1) is 23.3 Å². The molecule has 2 aromatic heterocycles. The first-order valence-corrected chi connectivity index (χ1v) is 12.8. The van der Waals surface area contributed by atoms with Gasteiger partial charge < -0.3 is 4.74 Å². The molecule has 0 amide bonds. The minimum atomic E-state index is -2.94. The Kier molecular flexibility index (Phi) is 7.51. The molecule has 3 aromatic rings. The summed E-state index contributed by atoms with van der Waals surface area (Å²) in [6.45, 7) is 7.83. The lowest BCUT2D eigenvalue weighted by Crippen LogP contribution is -2.32. The number of methoxy groups -OCH3 is 1. The van der Waals surface area contributed by atoms with Gasteiger partial charge in [-0.1, -0.05) is 6.07 Å². The zero-order valence-electron chi connectivity index (χ0n) is 18.6. The number of rotatable bonds is 7. The molecule has 168 valence electrons. The summed E-state index contributed by atoms with van der Waals surface area (Å²) in [5.41, 5.74) is 2.89. The smallest absolute Gasteiger partial charge is 0.214 e. The Labute approximate surface area is 188 Å². The molecule has 0 atom stereocenters. The summed E-state index contributed by atoms with van der Waals surface area (Å²) >= 11 is 1.68. The number of sulfonamides is 1. The number of aromatic nitrogens is 3. The zero-order valence-corrected chi connectivity index (χ0v) is 20.2. The normalized spacial score (nSPS) is 13.9. The second-order valence-electron chi connectivity index (χ2n) is 8.03. The van der Waals surface area contributed by atoms with Crippen LogP contribution in [0.5, 0.6) is 5.75 Å². The SMILES string of the molecule is CC(C)NS(=O)(=O)C1CC1.COc1ccc(-c2nn(C(C)C)nc2-c2cccs2)cc1. The van der Waals surface area contributed by atoms with Crippen molar-refractivity contribution >= 4 is 21.4 Å². The Morgan fingerprint density at radius 2 is 1.71 bits per heavy atom. The Hall–Kier alpha value is -2.23. The van der Waals surface area contributed by atoms with E-state index >= 15 is 0 Å². The Balaban J connectivity index is 0.000000229. The summed E-state index contributed by atoms with van der Waals surface area (Å²) in [5, 5.41) is 11.3. The first kappa shape index (κ1) is 23.4. The summed E-state index contributed by atoms with van der Waals surface area (Å²) in [6, 6.07) is 12.3. The van der Waals surface area contributed by atoms with Crippen molar-refractivity contribution in [1.29, 1.82) is 0 Å². The molecule has 0 unspecified atom stereocenters. The maximum Gasteiger partial charge on any atom is 0.214 e. The summed E-state index contributed by atoms with van der Waals surface area (Å²) in [6.07, 6.45) is 1.67. The largest absolute Gasteiger partial charge is 0.497 e. The zero-order chi connectivity index (χ0) is 22.6. The molecule has 31 heavy (non-hydrogen) atoms. The fourth-order valence-corrected chi connectivity index (χ4v) is 5.19. The second kappa shape index (κ2) is 9.93. The van der Waals surface area contributed by atoms with Crippen molar-refractivity contribution in [2.75, 3.05) is 7.11 Å². The number of benzene rings is 1. The Morgan fingerprint density at radius 1 is 1.06 bits per heavy atom. The molecule has 0 saturated heterocycles. The molecule has 0 radical (unpaired) electrons. The fourth-order valence-electron chi connectivity index (χ4n) is 2.88. The number of nitrogens with zero attached hydrogens (tertiary/aromatic N) is 3. The monoisotopic (exact) mass is 462 g/mol. The highest BCUT2D eigenvalue weighted by atomic mass is 32.2. The number of thiophene rings is 1. The van der Waals surface area contributed by atoms with Crippen LogP contribution in [0.4, 0.5) is 0 Å². The molecule has 1 aliphatic rings. The highest BCUT2D eigenvalue weighted by Gasteiger charge is 2.35. The summed E-state index contributed by atoms with van der Waals surface area (Å²) < 4.78 is 29.9. The molecule has 1 saturated carbocycles. The van der Waals surface area contributed by atoms with Gasteiger partial charge in [-0.15, -0.1) is 11.3 Å². The average Bonchev–Trinajstić information content (AvgIpc) is 3.28. The van der Waals surface area contributed by atoms with E-state index in [1.165, 1.54) is 0 Å². The van der Waals surface area contributed by atoms with E-state index in [2.05, 4.69) is 40.2 Å². The Bertz CT molecular complexity index is 1070. The number of hydrogen-bond acceptors (Lipinski definition) is 6. The predicted octanol–water partition coefficient (Wildman–Crippen LogP) is 4.74. The van der Waals surface area contributed by atoms with Crippen LogP contribution in [0, 0.1) is 0 Å². The van der Waals surface area contributed by atoms with Crippen molar-refractivity contribution in [2.24, 2.45) is 0 Å². The highest BCUT2D eigenvalue weighted by molar-refractivity contribution is 7.90. The van der Waals surface area contributed by atoms with Crippen LogP contribution in [-0.4, -0.2) is 41.8 Å². The van der Waals surface area contributed by atoms with Gasteiger partial charge in [0.2, 0.25) is 10.0 Å². The predicted molar refractivity (Wildman–Crippen MR) is 126 cm³/mol. The van der Waals surface area contributed by atoms with Crippen molar-refractivity contribution in [3.63, 3.8) is 0 Å². The van der Waals surface area contributed by atoms with Crippen molar-refractivity contribution in [1.82, 2.24) is 19.7 Å². The molecule has 4 rings (SSSR count). The van der Waals surface area contributed by atoms with Crippen molar-refractivity contribution < 1.29 is 13.2 Å². The van der Waals surface area contributed by atoms with Gasteiger partial charge in [0.15, 0.2) is 0 Å². The summed E-state index contributed by atoms with van der Waals surface area (Å²) in [7, 11) is -1.27. The topological polar surface area (TPSA) is 86.1 Å². The van der Waals surface area contributed by atoms with Crippen molar-refractivity contribution in [3.8, 4) is 27.6 Å². The fraction of sp³-hybridized carbons (Fsp3) is 0.455. The third kappa shape index (κ3) is 6.15. The first-order chi connectivity index (χ1) is 14.7. The van der Waals surface area contributed by atoms with Crippen molar-refractivity contribution in [3.05, 3.63) is 41.8 Å². The number of ether oxygens (including phenoxy) is 1. The minimum Gasteiger partial charge on any atom is -0.497 e. The maximum absolute atomic E-state index is 11.1. The first-order valence-electron chi connectivity index (χ1n) is 10.4. The van der Waals surface area contributed by atoms with Gasteiger partial charge in [-0.25, -0.2) is 13.1 Å². The molecular formula is C22H30N4O3S2. The molecule has 1 N–H and O–H groups in total. The van der Waals surface area contributed by atoms with Gasteiger partial charge >= 0.3 is 0 Å². The Morgan fingerprint density at radius 3 is 2.19 bits per heavy atom. The van der Waals surface area contributed by atoms with Gasteiger partial charge in [0.25, 0.3) is 0 Å². The van der Waals surface area contributed by atoms with Crippen LogP contribution in [0.25, 0.3) is 21.8 Å². The van der Waals surface area contributed by atoms with Crippen LogP contribution in [0.15, 0.2) is 41.8 Å². The van der Waals surface area contributed by atoms with Gasteiger partial charge in [-0.3, -0.25) is 0 Å². The number of nitrogens with one attached hydrogen (secondary N) is 1. The van der Waals surface area contributed by atoms with E-state index in [4.69, 9.17) is 4.74 Å². The van der Waals surface area contributed by atoms with E-state index in [1.807, 2.05) is 44.2 Å². The van der Waals surface area contributed by atoms with Crippen LogP contribution < -0.4 is 9.46 Å². The molecule has 7 nitrogen and oxygen atoms in total. The molecule has 0 bridgehead atoms. The van der Waals surface area contributed by atoms with Crippen molar-refractivity contribution in [2.45, 2.75) is 57.9 Å². The van der Waals surface area contributed by atoms with Gasteiger partial charge in [-0.05, 0) is 76.2 Å². The molecule has 0 aliphatic heterocycles. The number of hydrogen-bond donors (Lipinski definition) is 1. The third-order valence-electron chi connectivity index (χ3n) is 4.57. The molecule has 1 fully saturated rings. The summed E-state index contributed by atoms with van der Waals surface area (Å²) in [4.78, 5) is 2.90. The molecule has 1 aliphatic carbocycles. The van der Waals surface area contributed by atoms with E-state index in [9.17, 15) is 8.42 Å². The molecule has 2 heterocycles. The van der Waals surface area contributed by atoms with E-state index in [0.717, 1.165) is 40.4 Å². The van der Waals surface area contributed by atoms with E-state index < -0.39 is 10.0 Å². The standard InChI is InChI=1S/C16H17N3OS.C6H13NO2S/c1-11(2)19-17-15(12-6-8-13(20-3)9-7-12)16(18-19)14-5-4-10-21-14;1-5(2)7-10(8,9)6-3-4-6/h4-11H,1-3H3;5-7H,3-4H2,1-2H3. The molecule has 9 heteroatoms. The summed E-state index contributed by atoms with van der Waals surface area (Å²) in [5.74, 6) is 0.840. The highest BCUT2D eigenvalue weighted by Crippen LogP contribution is 2.33. The minimum absolute atomic E-state index is 0.0330. The molecular weight excluding hydrogens is 432 g/mol. The lowest BCUT2D eigenvalue weighted by Gasteiger charge is -2.07. The molecule has 1 aromatic carbocycles. The quantitative estimate of drug-likeness (QED) is 0.548. The van der Waals surface area contributed by atoms with E-state index in [-0.39, 0.29) is 17.3 Å².